The summed E-state index contributed by atoms with van der Waals surface area (Å²) in [4.78, 5) is 16.0. The molecular weight excluding hydrogens is 338 g/mol. The Balaban J connectivity index is 1.41. The minimum absolute atomic E-state index is 0.155. The molecule has 0 saturated carbocycles. The highest BCUT2D eigenvalue weighted by molar-refractivity contribution is 6.22. The molecule has 2 aliphatic rings. The number of nitrogens with zero attached hydrogens (tertiary/aromatic N) is 5. The molecule has 0 N–H and O–H groups in total. The molecule has 2 aromatic heterocycles. The summed E-state index contributed by atoms with van der Waals surface area (Å²) in [6.45, 7) is 6.70. The smallest absolute Gasteiger partial charge is 0.129 e. The quantitative estimate of drug-likeness (QED) is 0.559. The van der Waals surface area contributed by atoms with Gasteiger partial charge in [-0.2, -0.15) is 0 Å². The minimum Gasteiger partial charge on any atom is -0.491 e. The maximum absolute atomic E-state index is 5.83. The van der Waals surface area contributed by atoms with E-state index in [4.69, 9.17) is 4.74 Å². The lowest BCUT2D eigenvalue weighted by atomic mass is 9.96. The summed E-state index contributed by atoms with van der Waals surface area (Å²) in [5, 5.41) is 0. The summed E-state index contributed by atoms with van der Waals surface area (Å²) in [5.41, 5.74) is 4.24. The summed E-state index contributed by atoms with van der Waals surface area (Å²) >= 11 is 0. The lowest BCUT2D eigenvalue weighted by molar-refractivity contribution is 0.242. The van der Waals surface area contributed by atoms with E-state index in [9.17, 15) is 0 Å². The van der Waals surface area contributed by atoms with Crippen molar-refractivity contribution in [1.29, 1.82) is 0 Å². The summed E-state index contributed by atoms with van der Waals surface area (Å²) in [6.07, 6.45) is 5.91. The molecule has 6 heteroatoms. The van der Waals surface area contributed by atoms with Crippen LogP contribution in [0.5, 0.6) is 5.75 Å². The SMILES string of the molecule is CC(C)Oc1ccc2c(c1)C(c1ccnc(N3CCn4ccnc4C3)c1)=N2. The number of hydrogen-bond donors (Lipinski definition) is 0. The highest BCUT2D eigenvalue weighted by Crippen LogP contribution is 2.36. The molecule has 3 aromatic rings. The number of ether oxygens (including phenoxy) is 1. The summed E-state index contributed by atoms with van der Waals surface area (Å²) in [6, 6.07) is 10.2. The number of aliphatic imine (C=N–C) groups is 1. The molecule has 0 aliphatic carbocycles. The van der Waals surface area contributed by atoms with Crippen molar-refractivity contribution in [3.05, 3.63) is 65.9 Å². The predicted octanol–water partition coefficient (Wildman–Crippen LogP) is 3.57. The fourth-order valence-corrected chi connectivity index (χ4v) is 3.60. The molecule has 6 nitrogen and oxygen atoms in total. The van der Waals surface area contributed by atoms with Crippen molar-refractivity contribution in [2.24, 2.45) is 4.99 Å². The number of fused-ring (bicyclic) bond motifs is 2. The molecule has 0 atom stereocenters. The second kappa shape index (κ2) is 6.23. The van der Waals surface area contributed by atoms with Gasteiger partial charge in [0, 0.05) is 42.8 Å². The first-order valence-corrected chi connectivity index (χ1v) is 9.28. The van der Waals surface area contributed by atoms with Crippen LogP contribution in [0.25, 0.3) is 0 Å². The Kier molecular flexibility index (Phi) is 3.70. The van der Waals surface area contributed by atoms with Crippen LogP contribution in [-0.2, 0) is 13.1 Å². The molecule has 2 aliphatic heterocycles. The van der Waals surface area contributed by atoms with Crippen LogP contribution in [0.15, 0.2) is 53.9 Å². The zero-order valence-corrected chi connectivity index (χ0v) is 15.5. The van der Waals surface area contributed by atoms with Crippen LogP contribution in [0.4, 0.5) is 11.5 Å². The van der Waals surface area contributed by atoms with Crippen LogP contribution in [0.1, 0.15) is 30.8 Å². The topological polar surface area (TPSA) is 55.5 Å². The van der Waals surface area contributed by atoms with E-state index in [2.05, 4.69) is 36.6 Å². The first-order chi connectivity index (χ1) is 13.2. The standard InChI is InChI=1S/C21H21N5O/c1-14(2)27-16-3-4-18-17(12-16)21(24-18)15-5-6-22-19(11-15)26-10-9-25-8-7-23-20(25)13-26/h3-8,11-12,14H,9-10,13H2,1-2H3. The number of pyridine rings is 1. The van der Waals surface area contributed by atoms with E-state index in [0.29, 0.717) is 0 Å². The molecule has 0 saturated heterocycles. The Bertz CT molecular complexity index is 1040. The number of rotatable bonds is 4. The Morgan fingerprint density at radius 2 is 1.96 bits per heavy atom. The fraction of sp³-hybridized carbons (Fsp3) is 0.286. The van der Waals surface area contributed by atoms with Crippen molar-refractivity contribution in [2.75, 3.05) is 11.4 Å². The zero-order valence-electron chi connectivity index (χ0n) is 15.5. The van der Waals surface area contributed by atoms with Gasteiger partial charge in [0.25, 0.3) is 0 Å². The van der Waals surface area contributed by atoms with E-state index < -0.39 is 0 Å². The molecule has 5 rings (SSSR count). The van der Waals surface area contributed by atoms with Gasteiger partial charge in [0.2, 0.25) is 0 Å². The van der Waals surface area contributed by atoms with Gasteiger partial charge in [0.15, 0.2) is 0 Å². The van der Waals surface area contributed by atoms with Gasteiger partial charge in [-0.3, -0.25) is 0 Å². The van der Waals surface area contributed by atoms with Gasteiger partial charge >= 0.3 is 0 Å². The van der Waals surface area contributed by atoms with E-state index >= 15 is 0 Å². The van der Waals surface area contributed by atoms with Gasteiger partial charge in [-0.05, 0) is 44.2 Å². The van der Waals surface area contributed by atoms with Gasteiger partial charge in [0.05, 0.1) is 24.0 Å². The number of aromatic nitrogens is 3. The van der Waals surface area contributed by atoms with E-state index in [0.717, 1.165) is 59.6 Å². The van der Waals surface area contributed by atoms with Crippen molar-refractivity contribution in [3.8, 4) is 5.75 Å². The Hall–Kier alpha value is -3.15. The summed E-state index contributed by atoms with van der Waals surface area (Å²) in [5.74, 6) is 2.93. The normalized spacial score (nSPS) is 15.1. The highest BCUT2D eigenvalue weighted by Gasteiger charge is 2.23. The summed E-state index contributed by atoms with van der Waals surface area (Å²) < 4.78 is 8.03. The lowest BCUT2D eigenvalue weighted by Gasteiger charge is -2.29. The van der Waals surface area contributed by atoms with Crippen LogP contribution in [-0.4, -0.2) is 32.9 Å². The molecule has 27 heavy (non-hydrogen) atoms. The van der Waals surface area contributed by atoms with Gasteiger partial charge < -0.3 is 14.2 Å². The third-order valence-electron chi connectivity index (χ3n) is 4.91. The van der Waals surface area contributed by atoms with Crippen molar-refractivity contribution in [3.63, 3.8) is 0 Å². The highest BCUT2D eigenvalue weighted by atomic mass is 16.5. The van der Waals surface area contributed by atoms with Crippen LogP contribution >= 0.6 is 0 Å². The zero-order chi connectivity index (χ0) is 18.4. The van der Waals surface area contributed by atoms with Crippen molar-refractivity contribution >= 4 is 17.2 Å². The average Bonchev–Trinajstić information content (AvgIpc) is 3.11. The maximum atomic E-state index is 5.83. The average molecular weight is 359 g/mol. The van der Waals surface area contributed by atoms with E-state index in [1.54, 1.807) is 0 Å². The Labute approximate surface area is 158 Å². The molecule has 136 valence electrons. The molecule has 0 bridgehead atoms. The third-order valence-corrected chi connectivity index (χ3v) is 4.91. The second-order valence-corrected chi connectivity index (χ2v) is 7.17. The van der Waals surface area contributed by atoms with Gasteiger partial charge in [-0.1, -0.05) is 0 Å². The molecule has 0 amide bonds. The van der Waals surface area contributed by atoms with Gasteiger partial charge in [0.1, 0.15) is 17.4 Å². The first kappa shape index (κ1) is 16.1. The van der Waals surface area contributed by atoms with Gasteiger partial charge in [-0.15, -0.1) is 0 Å². The lowest BCUT2D eigenvalue weighted by Crippen LogP contribution is -2.34. The first-order valence-electron chi connectivity index (χ1n) is 9.28. The third kappa shape index (κ3) is 2.87. The number of hydrogen-bond acceptors (Lipinski definition) is 5. The summed E-state index contributed by atoms with van der Waals surface area (Å²) in [7, 11) is 0. The van der Waals surface area contributed by atoms with Gasteiger partial charge in [-0.25, -0.2) is 15.0 Å². The van der Waals surface area contributed by atoms with E-state index in [-0.39, 0.29) is 6.10 Å². The van der Waals surface area contributed by atoms with Crippen molar-refractivity contribution in [1.82, 2.24) is 14.5 Å². The second-order valence-electron chi connectivity index (χ2n) is 7.17. The monoisotopic (exact) mass is 359 g/mol. The molecule has 0 unspecified atom stereocenters. The number of benzene rings is 1. The molecule has 0 radical (unpaired) electrons. The largest absolute Gasteiger partial charge is 0.491 e. The van der Waals surface area contributed by atoms with Crippen molar-refractivity contribution < 1.29 is 4.74 Å². The van der Waals surface area contributed by atoms with Crippen molar-refractivity contribution in [2.45, 2.75) is 33.0 Å². The van der Waals surface area contributed by atoms with Crippen LogP contribution < -0.4 is 9.64 Å². The molecular formula is C21H21N5O. The van der Waals surface area contributed by atoms with Crippen LogP contribution in [0.3, 0.4) is 0 Å². The number of imidazole rings is 1. The molecule has 0 spiro atoms. The van der Waals surface area contributed by atoms with Crippen LogP contribution in [0.2, 0.25) is 0 Å². The Morgan fingerprint density at radius 1 is 1.04 bits per heavy atom. The van der Waals surface area contributed by atoms with E-state index in [1.165, 1.54) is 0 Å². The van der Waals surface area contributed by atoms with E-state index in [1.807, 2.05) is 50.6 Å². The molecule has 4 heterocycles. The predicted molar refractivity (Wildman–Crippen MR) is 105 cm³/mol. The Morgan fingerprint density at radius 3 is 2.85 bits per heavy atom. The molecule has 1 aromatic carbocycles. The maximum Gasteiger partial charge on any atom is 0.129 e. The van der Waals surface area contributed by atoms with Crippen LogP contribution in [0, 0.1) is 0 Å². The fourth-order valence-electron chi connectivity index (χ4n) is 3.60. The minimum atomic E-state index is 0.155. The number of anilines is 1. The molecule has 0 fully saturated rings.